The topological polar surface area (TPSA) is 41.5 Å². The fraction of sp³-hybridized carbons (Fsp3) is 0.231. The highest BCUT2D eigenvalue weighted by Gasteiger charge is 2.13. The maximum Gasteiger partial charge on any atom is 0.244 e. The van der Waals surface area contributed by atoms with Gasteiger partial charge in [0.05, 0.1) is 12.1 Å². The number of rotatable bonds is 1. The van der Waals surface area contributed by atoms with Crippen molar-refractivity contribution in [3.63, 3.8) is 0 Å². The van der Waals surface area contributed by atoms with Crippen molar-refractivity contribution in [3.8, 4) is 0 Å². The Morgan fingerprint density at radius 1 is 1.25 bits per heavy atom. The number of hydrogen-bond acceptors (Lipinski definition) is 2. The third-order valence-corrected chi connectivity index (χ3v) is 2.58. The average Bonchev–Trinajstić information content (AvgIpc) is 2.27. The van der Waals surface area contributed by atoms with Gasteiger partial charge in [-0.3, -0.25) is 4.79 Å². The molecule has 1 aliphatic heterocycles. The number of benzene rings is 1. The smallest absolute Gasteiger partial charge is 0.244 e. The van der Waals surface area contributed by atoms with Crippen molar-refractivity contribution in [2.45, 2.75) is 20.3 Å². The lowest BCUT2D eigenvalue weighted by atomic mass is 10.0. The van der Waals surface area contributed by atoms with E-state index in [9.17, 15) is 4.79 Å². The molecule has 16 heavy (non-hydrogen) atoms. The minimum absolute atomic E-state index is 0.0519. The molecule has 0 radical (unpaired) electrons. The highest BCUT2D eigenvalue weighted by Crippen LogP contribution is 2.14. The van der Waals surface area contributed by atoms with E-state index in [-0.39, 0.29) is 5.91 Å². The molecule has 0 saturated heterocycles. The summed E-state index contributed by atoms with van der Waals surface area (Å²) in [7, 11) is 0. The molecular weight excluding hydrogens is 200 g/mol. The molecule has 82 valence electrons. The zero-order valence-corrected chi connectivity index (χ0v) is 9.45. The molecule has 0 spiro atoms. The van der Waals surface area contributed by atoms with Crippen LogP contribution in [0.5, 0.6) is 0 Å². The molecule has 1 N–H and O–H groups in total. The second kappa shape index (κ2) is 4.31. The molecule has 1 heterocycles. The molecule has 1 amide bonds. The fourth-order valence-corrected chi connectivity index (χ4v) is 1.58. The first kappa shape index (κ1) is 10.6. The monoisotopic (exact) mass is 214 g/mol. The molecule has 0 unspecified atom stereocenters. The maximum absolute atomic E-state index is 11.2. The lowest BCUT2D eigenvalue weighted by Crippen LogP contribution is -2.26. The van der Waals surface area contributed by atoms with Gasteiger partial charge < -0.3 is 0 Å². The highest BCUT2D eigenvalue weighted by atomic mass is 16.2. The van der Waals surface area contributed by atoms with Crippen molar-refractivity contribution >= 4 is 17.7 Å². The van der Waals surface area contributed by atoms with Crippen LogP contribution >= 0.6 is 0 Å². The van der Waals surface area contributed by atoms with Crippen LogP contribution < -0.4 is 5.43 Å². The fourth-order valence-electron chi connectivity index (χ4n) is 1.58. The molecule has 1 aromatic carbocycles. The van der Waals surface area contributed by atoms with Crippen molar-refractivity contribution in [2.24, 2.45) is 5.10 Å². The number of amides is 1. The Bertz CT molecular complexity index is 469. The molecule has 3 heteroatoms. The molecule has 1 aliphatic rings. The van der Waals surface area contributed by atoms with Gasteiger partial charge in [-0.15, -0.1) is 0 Å². The molecule has 3 nitrogen and oxygen atoms in total. The van der Waals surface area contributed by atoms with Crippen LogP contribution in [0.2, 0.25) is 0 Å². The van der Waals surface area contributed by atoms with Gasteiger partial charge in [0.15, 0.2) is 0 Å². The standard InChI is InChI=1S/C13H14N2O/c1-9-3-5-11(6-4-9)7-12-8-13(16)15-14-10(12)2/h3-7H,8H2,1-2H3,(H,15,16)/b12-7+. The number of hydrazone groups is 1. The van der Waals surface area contributed by atoms with Crippen molar-refractivity contribution in [3.05, 3.63) is 41.0 Å². The van der Waals surface area contributed by atoms with E-state index in [4.69, 9.17) is 0 Å². The summed E-state index contributed by atoms with van der Waals surface area (Å²) in [5.41, 5.74) is 6.65. The van der Waals surface area contributed by atoms with E-state index >= 15 is 0 Å². The van der Waals surface area contributed by atoms with Gasteiger partial charge >= 0.3 is 0 Å². The van der Waals surface area contributed by atoms with E-state index < -0.39 is 0 Å². The van der Waals surface area contributed by atoms with Crippen molar-refractivity contribution in [2.75, 3.05) is 0 Å². The van der Waals surface area contributed by atoms with Crippen LogP contribution in [-0.2, 0) is 4.79 Å². The number of hydrogen-bond donors (Lipinski definition) is 1. The van der Waals surface area contributed by atoms with Gasteiger partial charge in [-0.2, -0.15) is 5.10 Å². The van der Waals surface area contributed by atoms with Crippen LogP contribution in [0.3, 0.4) is 0 Å². The zero-order valence-electron chi connectivity index (χ0n) is 9.45. The van der Waals surface area contributed by atoms with Crippen LogP contribution in [0, 0.1) is 6.92 Å². The van der Waals surface area contributed by atoms with E-state index in [1.54, 1.807) is 0 Å². The van der Waals surface area contributed by atoms with Gasteiger partial charge in [0.25, 0.3) is 0 Å². The zero-order chi connectivity index (χ0) is 11.5. The van der Waals surface area contributed by atoms with Gasteiger partial charge in [-0.1, -0.05) is 29.8 Å². The van der Waals surface area contributed by atoms with Crippen LogP contribution in [-0.4, -0.2) is 11.6 Å². The third-order valence-electron chi connectivity index (χ3n) is 2.58. The summed E-state index contributed by atoms with van der Waals surface area (Å²) in [4.78, 5) is 11.2. The second-order valence-electron chi connectivity index (χ2n) is 3.99. The van der Waals surface area contributed by atoms with Gasteiger partial charge in [-0.05, 0) is 31.1 Å². The molecular formula is C13H14N2O. The Balaban J connectivity index is 2.29. The summed E-state index contributed by atoms with van der Waals surface area (Å²) in [6, 6.07) is 8.20. The van der Waals surface area contributed by atoms with Crippen LogP contribution in [0.1, 0.15) is 24.5 Å². The summed E-state index contributed by atoms with van der Waals surface area (Å²) < 4.78 is 0. The number of aryl methyl sites for hydroxylation is 1. The summed E-state index contributed by atoms with van der Waals surface area (Å²) in [5, 5.41) is 3.95. The first-order chi connectivity index (χ1) is 7.65. The number of carbonyl (C=O) groups excluding carboxylic acids is 1. The number of carbonyl (C=O) groups is 1. The average molecular weight is 214 g/mol. The second-order valence-corrected chi connectivity index (χ2v) is 3.99. The molecule has 1 aromatic rings. The van der Waals surface area contributed by atoms with Crippen molar-refractivity contribution < 1.29 is 4.79 Å². The van der Waals surface area contributed by atoms with E-state index in [0.717, 1.165) is 16.8 Å². The van der Waals surface area contributed by atoms with Crippen molar-refractivity contribution in [1.82, 2.24) is 5.43 Å². The highest BCUT2D eigenvalue weighted by molar-refractivity contribution is 6.08. The van der Waals surface area contributed by atoms with Gasteiger partial charge in [0.1, 0.15) is 0 Å². The number of nitrogens with one attached hydrogen (secondary N) is 1. The lowest BCUT2D eigenvalue weighted by molar-refractivity contribution is -0.120. The molecule has 0 aromatic heterocycles. The Labute approximate surface area is 94.9 Å². The molecule has 0 aliphatic carbocycles. The Hall–Kier alpha value is -1.90. The van der Waals surface area contributed by atoms with E-state index in [2.05, 4.69) is 29.6 Å². The SMILES string of the molecule is CC1=NNC(=O)C/C1=C\c1ccc(C)cc1. The number of nitrogens with zero attached hydrogens (tertiary/aromatic N) is 1. The third kappa shape index (κ3) is 2.37. The Kier molecular flexibility index (Phi) is 2.86. The summed E-state index contributed by atoms with van der Waals surface area (Å²) in [6.07, 6.45) is 2.42. The van der Waals surface area contributed by atoms with E-state index in [0.29, 0.717) is 6.42 Å². The van der Waals surface area contributed by atoms with Gasteiger partial charge in [0.2, 0.25) is 5.91 Å². The predicted molar refractivity (Wildman–Crippen MR) is 65.0 cm³/mol. The minimum Gasteiger partial charge on any atom is -0.273 e. The van der Waals surface area contributed by atoms with E-state index in [1.165, 1.54) is 5.56 Å². The normalized spacial score (nSPS) is 18.2. The van der Waals surface area contributed by atoms with Crippen LogP contribution in [0.15, 0.2) is 34.9 Å². The predicted octanol–water partition coefficient (Wildman–Crippen LogP) is 2.27. The van der Waals surface area contributed by atoms with Gasteiger partial charge in [0, 0.05) is 0 Å². The molecule has 2 rings (SSSR count). The Morgan fingerprint density at radius 2 is 1.94 bits per heavy atom. The molecule has 0 atom stereocenters. The summed E-state index contributed by atoms with van der Waals surface area (Å²) >= 11 is 0. The summed E-state index contributed by atoms with van der Waals surface area (Å²) in [6.45, 7) is 3.96. The van der Waals surface area contributed by atoms with Crippen LogP contribution in [0.25, 0.3) is 6.08 Å². The largest absolute Gasteiger partial charge is 0.273 e. The quantitative estimate of drug-likeness (QED) is 0.765. The van der Waals surface area contributed by atoms with Gasteiger partial charge in [-0.25, -0.2) is 5.43 Å². The van der Waals surface area contributed by atoms with E-state index in [1.807, 2.05) is 25.1 Å². The molecule has 0 bridgehead atoms. The molecule has 0 fully saturated rings. The van der Waals surface area contributed by atoms with Crippen LogP contribution in [0.4, 0.5) is 0 Å². The lowest BCUT2D eigenvalue weighted by Gasteiger charge is -2.12. The first-order valence-electron chi connectivity index (χ1n) is 5.26. The summed E-state index contributed by atoms with van der Waals surface area (Å²) in [5.74, 6) is -0.0519. The minimum atomic E-state index is -0.0519. The van der Waals surface area contributed by atoms with Crippen molar-refractivity contribution in [1.29, 1.82) is 0 Å². The first-order valence-corrected chi connectivity index (χ1v) is 5.26. The maximum atomic E-state index is 11.2. The molecule has 0 saturated carbocycles. The Morgan fingerprint density at radius 3 is 2.62 bits per heavy atom.